The number of ether oxygens (including phenoxy) is 2. The number of sulfonamides is 1. The maximum absolute atomic E-state index is 14.6. The molecule has 0 spiro atoms. The smallest absolute Gasteiger partial charge is 0.244 e. The largest absolute Gasteiger partial charge is 0.454 e. The van der Waals surface area contributed by atoms with Gasteiger partial charge in [-0.1, -0.05) is 37.5 Å². The summed E-state index contributed by atoms with van der Waals surface area (Å²) in [5.74, 6) is -0.902. The summed E-state index contributed by atoms with van der Waals surface area (Å²) in [6.07, 6.45) is 4.91. The van der Waals surface area contributed by atoms with Crippen molar-refractivity contribution in [1.82, 2.24) is 10.2 Å². The second-order valence-corrected chi connectivity index (χ2v) is 11.8. The van der Waals surface area contributed by atoms with Crippen molar-refractivity contribution in [1.29, 1.82) is 0 Å². The van der Waals surface area contributed by atoms with Gasteiger partial charge in [-0.3, -0.25) is 13.9 Å². The van der Waals surface area contributed by atoms with Crippen molar-refractivity contribution in [2.45, 2.75) is 64.6 Å². The molecule has 2 aromatic carbocycles. The summed E-state index contributed by atoms with van der Waals surface area (Å²) >= 11 is 0. The van der Waals surface area contributed by atoms with Gasteiger partial charge in [0.2, 0.25) is 28.6 Å². The monoisotopic (exact) mass is 547 g/mol. The van der Waals surface area contributed by atoms with Gasteiger partial charge < -0.3 is 19.7 Å². The summed E-state index contributed by atoms with van der Waals surface area (Å²) in [6, 6.07) is 9.70. The van der Waals surface area contributed by atoms with Crippen LogP contribution in [0.2, 0.25) is 0 Å². The Hall–Kier alpha value is -3.34. The van der Waals surface area contributed by atoms with Crippen LogP contribution in [0.3, 0.4) is 0 Å². The first-order valence-electron chi connectivity index (χ1n) is 12.9. The van der Waals surface area contributed by atoms with Gasteiger partial charge in [0, 0.05) is 24.2 Å². The first kappa shape index (κ1) is 27.7. The van der Waals surface area contributed by atoms with E-state index in [2.05, 4.69) is 5.32 Å². The Morgan fingerprint density at radius 2 is 1.79 bits per heavy atom. The van der Waals surface area contributed by atoms with E-state index >= 15 is 0 Å². The number of anilines is 1. The zero-order valence-electron chi connectivity index (χ0n) is 21.7. The number of hydrogen-bond donors (Lipinski definition) is 1. The lowest BCUT2D eigenvalue weighted by Gasteiger charge is -2.33. The molecular formula is C27H34FN3O6S. The fraction of sp³-hybridized carbons (Fsp3) is 0.481. The molecule has 0 radical (unpaired) electrons. The van der Waals surface area contributed by atoms with Gasteiger partial charge in [-0.15, -0.1) is 0 Å². The van der Waals surface area contributed by atoms with Crippen LogP contribution >= 0.6 is 0 Å². The van der Waals surface area contributed by atoms with E-state index in [1.807, 2.05) is 0 Å². The summed E-state index contributed by atoms with van der Waals surface area (Å²) in [4.78, 5) is 28.2. The van der Waals surface area contributed by atoms with E-state index in [9.17, 15) is 22.4 Å². The zero-order valence-corrected chi connectivity index (χ0v) is 22.5. The maximum atomic E-state index is 14.6. The standard InChI is InChI=1S/C27H34FN3O6S/c1-3-38(34,35)31(22-13-14-24-25(15-22)37-18-36-24)17-26(32)30(16-20-9-7-8-12-23(20)28)19(2)27(33)29-21-10-5-4-6-11-21/h7-9,12-15,19,21H,3-6,10-11,16-18H2,1-2H3,(H,29,33)/t19-/m0/s1. The number of amides is 2. The Balaban J connectivity index is 1.61. The number of fused-ring (bicyclic) bond motifs is 1. The lowest BCUT2D eigenvalue weighted by molar-refractivity contribution is -0.139. The average molecular weight is 548 g/mol. The highest BCUT2D eigenvalue weighted by Crippen LogP contribution is 2.36. The Kier molecular flexibility index (Phi) is 8.76. The minimum Gasteiger partial charge on any atom is -0.454 e. The van der Waals surface area contributed by atoms with Gasteiger partial charge in [-0.25, -0.2) is 12.8 Å². The van der Waals surface area contributed by atoms with Gasteiger partial charge in [0.25, 0.3) is 0 Å². The molecule has 1 atom stereocenters. The number of benzene rings is 2. The molecule has 1 heterocycles. The van der Waals surface area contributed by atoms with E-state index in [1.165, 1.54) is 30.0 Å². The highest BCUT2D eigenvalue weighted by Gasteiger charge is 2.33. The number of rotatable bonds is 10. The molecule has 38 heavy (non-hydrogen) atoms. The number of carbonyl (C=O) groups excluding carboxylic acids is 2. The van der Waals surface area contributed by atoms with Crippen molar-refractivity contribution in [3.8, 4) is 11.5 Å². The molecule has 1 N–H and O–H groups in total. The highest BCUT2D eigenvalue weighted by molar-refractivity contribution is 7.92. The Bertz CT molecular complexity index is 1270. The number of carbonyl (C=O) groups is 2. The molecule has 9 nitrogen and oxygen atoms in total. The molecule has 1 saturated carbocycles. The number of nitrogens with zero attached hydrogens (tertiary/aromatic N) is 2. The summed E-state index contributed by atoms with van der Waals surface area (Å²) in [6.45, 7) is 2.33. The lowest BCUT2D eigenvalue weighted by atomic mass is 9.95. The molecular weight excluding hydrogens is 513 g/mol. The fourth-order valence-corrected chi connectivity index (χ4v) is 5.78. The zero-order chi connectivity index (χ0) is 27.3. The SMILES string of the molecule is CCS(=O)(=O)N(CC(=O)N(Cc1ccccc1F)[C@@H](C)C(=O)NC1CCCCC1)c1ccc2c(c1)OCO2. The van der Waals surface area contributed by atoms with Gasteiger partial charge in [-0.05, 0) is 44.9 Å². The van der Waals surface area contributed by atoms with E-state index in [-0.39, 0.29) is 42.3 Å². The first-order valence-corrected chi connectivity index (χ1v) is 14.5. The van der Waals surface area contributed by atoms with Gasteiger partial charge in [-0.2, -0.15) is 0 Å². The third kappa shape index (κ3) is 6.38. The third-order valence-electron chi connectivity index (χ3n) is 7.04. The molecule has 2 aliphatic rings. The van der Waals surface area contributed by atoms with Gasteiger partial charge in [0.05, 0.1) is 11.4 Å². The van der Waals surface area contributed by atoms with Gasteiger partial charge in [0.15, 0.2) is 11.5 Å². The minimum absolute atomic E-state index is 0.0162. The van der Waals surface area contributed by atoms with E-state index in [0.29, 0.717) is 11.5 Å². The molecule has 4 rings (SSSR count). The normalized spacial score (nSPS) is 16.1. The average Bonchev–Trinajstić information content (AvgIpc) is 3.39. The molecule has 1 fully saturated rings. The predicted octanol–water partition coefficient (Wildman–Crippen LogP) is 3.58. The maximum Gasteiger partial charge on any atom is 0.244 e. The molecule has 1 aliphatic carbocycles. The van der Waals surface area contributed by atoms with Crippen LogP contribution in [-0.2, 0) is 26.2 Å². The third-order valence-corrected chi connectivity index (χ3v) is 8.78. The van der Waals surface area contributed by atoms with Gasteiger partial charge >= 0.3 is 0 Å². The van der Waals surface area contributed by atoms with Crippen molar-refractivity contribution in [3.63, 3.8) is 0 Å². The molecule has 2 amide bonds. The summed E-state index contributed by atoms with van der Waals surface area (Å²) in [7, 11) is -3.89. The molecule has 206 valence electrons. The van der Waals surface area contributed by atoms with Crippen molar-refractivity contribution >= 4 is 27.5 Å². The minimum atomic E-state index is -3.89. The molecule has 0 unspecified atom stereocenters. The molecule has 0 aromatic heterocycles. The topological polar surface area (TPSA) is 105 Å². The van der Waals surface area contributed by atoms with Crippen LogP contribution in [0.25, 0.3) is 0 Å². The number of nitrogens with one attached hydrogen (secondary N) is 1. The second-order valence-electron chi connectivity index (χ2n) is 9.58. The molecule has 1 aliphatic heterocycles. The Morgan fingerprint density at radius 1 is 1.08 bits per heavy atom. The number of hydrogen-bond acceptors (Lipinski definition) is 6. The van der Waals surface area contributed by atoms with E-state index in [0.717, 1.165) is 36.4 Å². The first-order chi connectivity index (χ1) is 18.2. The summed E-state index contributed by atoms with van der Waals surface area (Å²) in [5.41, 5.74) is 0.459. The van der Waals surface area contributed by atoms with Crippen LogP contribution in [0.5, 0.6) is 11.5 Å². The van der Waals surface area contributed by atoms with E-state index < -0.39 is 34.3 Å². The molecule has 2 aromatic rings. The second kappa shape index (κ2) is 12.0. The molecule has 11 heteroatoms. The van der Waals surface area contributed by atoms with Crippen molar-refractivity contribution < 1.29 is 31.9 Å². The van der Waals surface area contributed by atoms with Crippen LogP contribution in [0.1, 0.15) is 51.5 Å². The summed E-state index contributed by atoms with van der Waals surface area (Å²) < 4.78 is 52.4. The van der Waals surface area contributed by atoms with Crippen LogP contribution in [0, 0.1) is 5.82 Å². The fourth-order valence-electron chi connectivity index (χ4n) is 4.72. The Labute approximate surface area is 222 Å². The Morgan fingerprint density at radius 3 is 2.50 bits per heavy atom. The van der Waals surface area contributed by atoms with E-state index in [4.69, 9.17) is 9.47 Å². The van der Waals surface area contributed by atoms with Crippen molar-refractivity contribution in [3.05, 3.63) is 53.8 Å². The van der Waals surface area contributed by atoms with Crippen LogP contribution in [0.15, 0.2) is 42.5 Å². The van der Waals surface area contributed by atoms with Crippen LogP contribution in [0.4, 0.5) is 10.1 Å². The van der Waals surface area contributed by atoms with Gasteiger partial charge in [0.1, 0.15) is 18.4 Å². The van der Waals surface area contributed by atoms with Crippen molar-refractivity contribution in [2.24, 2.45) is 0 Å². The predicted molar refractivity (Wildman–Crippen MR) is 141 cm³/mol. The quantitative estimate of drug-likeness (QED) is 0.488. The molecule has 0 bridgehead atoms. The van der Waals surface area contributed by atoms with Crippen molar-refractivity contribution in [2.75, 3.05) is 23.4 Å². The van der Waals surface area contributed by atoms with Crippen LogP contribution < -0.4 is 19.1 Å². The number of halogens is 1. The van der Waals surface area contributed by atoms with Crippen LogP contribution in [-0.4, -0.2) is 56.3 Å². The van der Waals surface area contributed by atoms with E-state index in [1.54, 1.807) is 31.2 Å². The lowest BCUT2D eigenvalue weighted by Crippen LogP contribution is -2.53. The molecule has 0 saturated heterocycles. The highest BCUT2D eigenvalue weighted by atomic mass is 32.2. The summed E-state index contributed by atoms with van der Waals surface area (Å²) in [5, 5.41) is 3.02.